The van der Waals surface area contributed by atoms with Gasteiger partial charge in [0.05, 0.1) is 0 Å². The van der Waals surface area contributed by atoms with Crippen LogP contribution in [-0.2, 0) is 0 Å². The smallest absolute Gasteiger partial charge is 0.198 e. The number of hydrogen-bond acceptors (Lipinski definition) is 4. The second-order valence-electron chi connectivity index (χ2n) is 6.08. The van der Waals surface area contributed by atoms with Gasteiger partial charge in [-0.05, 0) is 38.3 Å². The molecule has 2 aromatic rings. The molecule has 1 aliphatic heterocycles. The van der Waals surface area contributed by atoms with Gasteiger partial charge in [0.15, 0.2) is 11.5 Å². The zero-order chi connectivity index (χ0) is 13.7. The molecule has 1 aliphatic carbocycles. The lowest BCUT2D eigenvalue weighted by atomic mass is 10.1. The lowest BCUT2D eigenvalue weighted by Crippen LogP contribution is -2.44. The Bertz CT molecular complexity index is 651. The molecule has 0 atom stereocenters. The summed E-state index contributed by atoms with van der Waals surface area (Å²) in [6.45, 7) is 8.63. The number of anilines is 1. The molecule has 2 aliphatic rings. The Balaban J connectivity index is 1.83. The van der Waals surface area contributed by atoms with Gasteiger partial charge in [-0.15, -0.1) is 0 Å². The van der Waals surface area contributed by atoms with Crippen molar-refractivity contribution >= 4 is 16.8 Å². The summed E-state index contributed by atoms with van der Waals surface area (Å²) in [6, 6.07) is 2.17. The third-order valence-electron chi connectivity index (χ3n) is 4.46. The van der Waals surface area contributed by atoms with Crippen molar-refractivity contribution in [1.29, 1.82) is 0 Å². The summed E-state index contributed by atoms with van der Waals surface area (Å²) in [5.41, 5.74) is 5.95. The van der Waals surface area contributed by atoms with Crippen LogP contribution in [-0.4, -0.2) is 31.2 Å². The van der Waals surface area contributed by atoms with Gasteiger partial charge in [0.1, 0.15) is 5.52 Å². The highest BCUT2D eigenvalue weighted by Gasteiger charge is 2.30. The molecule has 4 nitrogen and oxygen atoms in total. The monoisotopic (exact) mass is 271 g/mol. The van der Waals surface area contributed by atoms with Gasteiger partial charge in [0.25, 0.3) is 0 Å². The first kappa shape index (κ1) is 12.2. The number of aryl methyl sites for hydroxylation is 2. The van der Waals surface area contributed by atoms with Gasteiger partial charge in [-0.25, -0.2) is 4.98 Å². The van der Waals surface area contributed by atoms with Crippen molar-refractivity contribution < 1.29 is 4.42 Å². The molecule has 1 aromatic heterocycles. The molecule has 4 heteroatoms. The van der Waals surface area contributed by atoms with Gasteiger partial charge in [-0.2, -0.15) is 0 Å². The number of nitrogens with one attached hydrogen (secondary N) is 1. The second kappa shape index (κ2) is 4.48. The van der Waals surface area contributed by atoms with Gasteiger partial charge < -0.3 is 14.6 Å². The maximum Gasteiger partial charge on any atom is 0.198 e. The van der Waals surface area contributed by atoms with E-state index < -0.39 is 0 Å². The first-order chi connectivity index (χ1) is 9.74. The van der Waals surface area contributed by atoms with Crippen molar-refractivity contribution in [2.75, 3.05) is 31.1 Å². The third kappa shape index (κ3) is 1.90. The van der Waals surface area contributed by atoms with E-state index >= 15 is 0 Å². The van der Waals surface area contributed by atoms with Crippen LogP contribution in [0.3, 0.4) is 0 Å². The molecule has 1 aromatic carbocycles. The fraction of sp³-hybridized carbons (Fsp3) is 0.562. The largest absolute Gasteiger partial charge is 0.440 e. The molecule has 106 valence electrons. The van der Waals surface area contributed by atoms with Crippen molar-refractivity contribution in [3.05, 3.63) is 23.1 Å². The van der Waals surface area contributed by atoms with Crippen LogP contribution in [0.25, 0.3) is 11.1 Å². The maximum absolute atomic E-state index is 5.95. The lowest BCUT2D eigenvalue weighted by molar-refractivity contribution is 0.533. The highest BCUT2D eigenvalue weighted by molar-refractivity contribution is 5.85. The molecule has 4 rings (SSSR count). The molecular formula is C16H21N3O. The van der Waals surface area contributed by atoms with Crippen LogP contribution in [0.2, 0.25) is 0 Å². The summed E-state index contributed by atoms with van der Waals surface area (Å²) >= 11 is 0. The van der Waals surface area contributed by atoms with E-state index in [1.54, 1.807) is 0 Å². The molecule has 0 unspecified atom stereocenters. The Kier molecular flexibility index (Phi) is 2.74. The lowest BCUT2D eigenvalue weighted by Gasteiger charge is -2.32. The topological polar surface area (TPSA) is 41.3 Å². The molecule has 0 amide bonds. The fourth-order valence-corrected chi connectivity index (χ4v) is 3.27. The van der Waals surface area contributed by atoms with Gasteiger partial charge in [0.2, 0.25) is 0 Å². The van der Waals surface area contributed by atoms with Gasteiger partial charge in [-0.3, -0.25) is 0 Å². The Morgan fingerprint density at radius 3 is 2.70 bits per heavy atom. The van der Waals surface area contributed by atoms with Crippen LogP contribution in [0.5, 0.6) is 0 Å². The molecule has 0 bridgehead atoms. The van der Waals surface area contributed by atoms with Crippen LogP contribution < -0.4 is 10.2 Å². The van der Waals surface area contributed by atoms with E-state index in [2.05, 4.69) is 30.1 Å². The first-order valence-corrected chi connectivity index (χ1v) is 7.60. The quantitative estimate of drug-likeness (QED) is 0.912. The van der Waals surface area contributed by atoms with E-state index in [1.165, 1.54) is 29.7 Å². The van der Waals surface area contributed by atoms with E-state index in [9.17, 15) is 0 Å². The Hall–Kier alpha value is -1.55. The number of oxazole rings is 1. The van der Waals surface area contributed by atoms with E-state index in [4.69, 9.17) is 9.40 Å². The van der Waals surface area contributed by atoms with Crippen molar-refractivity contribution in [2.24, 2.45) is 0 Å². The summed E-state index contributed by atoms with van der Waals surface area (Å²) < 4.78 is 5.95. The van der Waals surface area contributed by atoms with E-state index in [0.717, 1.165) is 43.2 Å². The molecule has 0 radical (unpaired) electrons. The van der Waals surface area contributed by atoms with Crippen LogP contribution in [0.15, 0.2) is 10.5 Å². The average Bonchev–Trinajstić information content (AvgIpc) is 3.21. The van der Waals surface area contributed by atoms with E-state index in [1.807, 2.05) is 0 Å². The van der Waals surface area contributed by atoms with Crippen molar-refractivity contribution in [3.8, 4) is 0 Å². The maximum atomic E-state index is 5.95. The number of rotatable bonds is 2. The molecule has 20 heavy (non-hydrogen) atoms. The summed E-state index contributed by atoms with van der Waals surface area (Å²) in [5, 5.41) is 3.41. The normalized spacial score (nSPS) is 19.8. The predicted molar refractivity (Wildman–Crippen MR) is 80.5 cm³/mol. The second-order valence-corrected chi connectivity index (χ2v) is 6.08. The minimum absolute atomic E-state index is 0.574. The van der Waals surface area contributed by atoms with E-state index in [-0.39, 0.29) is 0 Å². The Morgan fingerprint density at radius 1 is 1.25 bits per heavy atom. The summed E-state index contributed by atoms with van der Waals surface area (Å²) in [5.74, 6) is 1.52. The predicted octanol–water partition coefficient (Wildman–Crippen LogP) is 2.73. The van der Waals surface area contributed by atoms with Gasteiger partial charge in [-0.1, -0.05) is 0 Å². The van der Waals surface area contributed by atoms with Crippen molar-refractivity contribution in [3.63, 3.8) is 0 Å². The molecular weight excluding hydrogens is 250 g/mol. The number of benzene rings is 1. The average molecular weight is 271 g/mol. The number of piperazine rings is 1. The molecule has 0 spiro atoms. The van der Waals surface area contributed by atoms with Crippen molar-refractivity contribution in [2.45, 2.75) is 32.6 Å². The molecule has 1 saturated carbocycles. The van der Waals surface area contributed by atoms with Crippen molar-refractivity contribution in [1.82, 2.24) is 10.3 Å². The summed E-state index contributed by atoms with van der Waals surface area (Å²) in [6.07, 6.45) is 2.46. The van der Waals surface area contributed by atoms with Crippen LogP contribution in [0, 0.1) is 13.8 Å². The van der Waals surface area contributed by atoms with Crippen LogP contribution in [0.1, 0.15) is 35.8 Å². The summed E-state index contributed by atoms with van der Waals surface area (Å²) in [4.78, 5) is 7.24. The standard InChI is InChI=1S/C16H21N3O/c1-10-9-13-14(18-16(20-13)12-3-4-12)11(2)15(10)19-7-5-17-6-8-19/h9,12,17H,3-8H2,1-2H3. The third-order valence-corrected chi connectivity index (χ3v) is 4.46. The number of aromatic nitrogens is 1. The first-order valence-electron chi connectivity index (χ1n) is 7.60. The Morgan fingerprint density at radius 2 is 2.00 bits per heavy atom. The fourth-order valence-electron chi connectivity index (χ4n) is 3.27. The summed E-state index contributed by atoms with van der Waals surface area (Å²) in [7, 11) is 0. The minimum atomic E-state index is 0.574. The van der Waals surface area contributed by atoms with Gasteiger partial charge >= 0.3 is 0 Å². The number of hydrogen-bond donors (Lipinski definition) is 1. The zero-order valence-corrected chi connectivity index (χ0v) is 12.2. The van der Waals surface area contributed by atoms with Crippen LogP contribution in [0.4, 0.5) is 5.69 Å². The van der Waals surface area contributed by atoms with Gasteiger partial charge in [0, 0.05) is 43.3 Å². The zero-order valence-electron chi connectivity index (χ0n) is 12.2. The highest BCUT2D eigenvalue weighted by Crippen LogP contribution is 2.42. The Labute approximate surface area is 119 Å². The SMILES string of the molecule is Cc1cc2oc(C3CC3)nc2c(C)c1N1CCNCC1. The van der Waals surface area contributed by atoms with Crippen LogP contribution >= 0.6 is 0 Å². The molecule has 2 fully saturated rings. The van der Waals surface area contributed by atoms with E-state index in [0.29, 0.717) is 5.92 Å². The molecule has 1 N–H and O–H groups in total. The molecule has 2 heterocycles. The number of fused-ring (bicyclic) bond motifs is 1. The number of nitrogens with zero attached hydrogens (tertiary/aromatic N) is 2. The molecule has 1 saturated heterocycles. The minimum Gasteiger partial charge on any atom is -0.440 e. The highest BCUT2D eigenvalue weighted by atomic mass is 16.3.